The van der Waals surface area contributed by atoms with Crippen LogP contribution < -0.4 is 16.6 Å². The molecule has 0 aromatic heterocycles. The van der Waals surface area contributed by atoms with Crippen LogP contribution in [0.15, 0.2) is 21.6 Å². The zero-order valence-corrected chi connectivity index (χ0v) is 10.1. The molecule has 4 N–H and O–H groups in total. The van der Waals surface area contributed by atoms with Gasteiger partial charge >= 0.3 is 0 Å². The first kappa shape index (κ1) is 12.9. The van der Waals surface area contributed by atoms with E-state index in [-0.39, 0.29) is 16.1 Å². The van der Waals surface area contributed by atoms with Gasteiger partial charge in [-0.2, -0.15) is 0 Å². The number of benzene rings is 1. The predicted octanol–water partition coefficient (Wildman–Crippen LogP) is 1.98. The molecule has 0 fully saturated rings. The first-order valence-corrected chi connectivity index (χ1v) is 5.30. The van der Waals surface area contributed by atoms with Crippen LogP contribution in [0.25, 0.3) is 0 Å². The molecule has 0 amide bonds. The molecule has 0 atom stereocenters. The van der Waals surface area contributed by atoms with Gasteiger partial charge in [-0.25, -0.2) is 14.6 Å². The minimum absolute atomic E-state index is 0.0362. The highest BCUT2D eigenvalue weighted by molar-refractivity contribution is 9.10. The smallest absolute Gasteiger partial charge is 0.210 e. The Morgan fingerprint density at radius 3 is 2.69 bits per heavy atom. The van der Waals surface area contributed by atoms with Gasteiger partial charge in [-0.05, 0) is 28.9 Å². The molecule has 0 unspecified atom stereocenters. The predicted molar refractivity (Wildman–Crippen MR) is 63.0 cm³/mol. The van der Waals surface area contributed by atoms with Gasteiger partial charge in [-0.1, -0.05) is 0 Å². The van der Waals surface area contributed by atoms with Crippen molar-refractivity contribution in [1.82, 2.24) is 5.43 Å². The zero-order chi connectivity index (χ0) is 12.1. The molecule has 0 radical (unpaired) electrons. The van der Waals surface area contributed by atoms with Crippen molar-refractivity contribution in [3.05, 3.63) is 28.2 Å². The average Bonchev–Trinajstić information content (AvgIpc) is 2.25. The van der Waals surface area contributed by atoms with E-state index in [4.69, 9.17) is 5.84 Å². The summed E-state index contributed by atoms with van der Waals surface area (Å²) in [5, 5.41) is 2.54. The molecule has 0 aliphatic heterocycles. The van der Waals surface area contributed by atoms with Crippen LogP contribution in [0.1, 0.15) is 6.92 Å². The van der Waals surface area contributed by atoms with Gasteiger partial charge in [0.2, 0.25) is 5.96 Å². The molecule has 88 valence electrons. The van der Waals surface area contributed by atoms with E-state index in [2.05, 4.69) is 31.7 Å². The van der Waals surface area contributed by atoms with Crippen LogP contribution in [0.2, 0.25) is 0 Å². The number of guanidine groups is 1. The standard InChI is InChI=1S/C9H11BrF2N4/c1-2-14-9(16-13)15-8-4-6(11)5(10)3-7(8)12/h3-4H,2,13H2,1H3,(H2,14,15,16). The molecule has 7 heteroatoms. The van der Waals surface area contributed by atoms with Crippen molar-refractivity contribution in [2.45, 2.75) is 6.92 Å². The molecular formula is C9H11BrF2N4. The van der Waals surface area contributed by atoms with Crippen LogP contribution in [-0.4, -0.2) is 12.5 Å². The van der Waals surface area contributed by atoms with Crippen molar-refractivity contribution >= 4 is 27.6 Å². The Hall–Kier alpha value is -1.21. The molecule has 0 aliphatic rings. The molecule has 1 aromatic carbocycles. The van der Waals surface area contributed by atoms with E-state index < -0.39 is 11.6 Å². The third kappa shape index (κ3) is 3.14. The molecule has 0 bridgehead atoms. The lowest BCUT2D eigenvalue weighted by Gasteiger charge is -2.10. The first-order chi connectivity index (χ1) is 7.58. The number of aliphatic imine (C=N–C) groups is 1. The van der Waals surface area contributed by atoms with Gasteiger partial charge in [0.15, 0.2) is 0 Å². The molecule has 0 saturated heterocycles. The number of hydrogen-bond donors (Lipinski definition) is 3. The number of halogens is 3. The lowest BCUT2D eigenvalue weighted by Crippen LogP contribution is -2.36. The first-order valence-electron chi connectivity index (χ1n) is 4.51. The normalized spacial score (nSPS) is 11.4. The number of rotatable bonds is 2. The summed E-state index contributed by atoms with van der Waals surface area (Å²) in [5.74, 6) is 4.15. The molecule has 0 saturated carbocycles. The lowest BCUT2D eigenvalue weighted by atomic mass is 10.3. The van der Waals surface area contributed by atoms with E-state index in [0.29, 0.717) is 6.54 Å². The third-order valence-electron chi connectivity index (χ3n) is 1.72. The maximum Gasteiger partial charge on any atom is 0.210 e. The van der Waals surface area contributed by atoms with Gasteiger partial charge < -0.3 is 5.32 Å². The van der Waals surface area contributed by atoms with Gasteiger partial charge in [-0.3, -0.25) is 10.4 Å². The third-order valence-corrected chi connectivity index (χ3v) is 2.32. The van der Waals surface area contributed by atoms with Crippen molar-refractivity contribution < 1.29 is 8.78 Å². The zero-order valence-electron chi connectivity index (χ0n) is 8.52. The molecule has 0 aliphatic carbocycles. The second-order valence-electron chi connectivity index (χ2n) is 2.84. The Kier molecular flexibility index (Phi) is 4.63. The minimum atomic E-state index is -0.604. The summed E-state index contributed by atoms with van der Waals surface area (Å²) >= 11 is 2.88. The minimum Gasteiger partial charge on any atom is -0.323 e. The second kappa shape index (κ2) is 5.76. The van der Waals surface area contributed by atoms with Gasteiger partial charge in [0.05, 0.1) is 10.2 Å². The van der Waals surface area contributed by atoms with E-state index >= 15 is 0 Å². The van der Waals surface area contributed by atoms with Crippen LogP contribution in [0.5, 0.6) is 0 Å². The highest BCUT2D eigenvalue weighted by atomic mass is 79.9. The van der Waals surface area contributed by atoms with Crippen molar-refractivity contribution in [2.75, 3.05) is 11.9 Å². The summed E-state index contributed by atoms with van der Waals surface area (Å²) in [5.41, 5.74) is 2.21. The van der Waals surface area contributed by atoms with Crippen LogP contribution in [0.4, 0.5) is 14.5 Å². The molecule has 16 heavy (non-hydrogen) atoms. The monoisotopic (exact) mass is 292 g/mol. The Morgan fingerprint density at radius 2 is 2.12 bits per heavy atom. The summed E-state index contributed by atoms with van der Waals surface area (Å²) in [6, 6.07) is 2.04. The molecular weight excluding hydrogens is 282 g/mol. The Labute approximate surface area is 100 Å². The average molecular weight is 293 g/mol. The lowest BCUT2D eigenvalue weighted by molar-refractivity contribution is 0.598. The molecule has 4 nitrogen and oxygen atoms in total. The SMILES string of the molecule is CCN=C(NN)Nc1cc(F)c(Br)cc1F. The Morgan fingerprint density at radius 1 is 1.44 bits per heavy atom. The number of nitrogens with one attached hydrogen (secondary N) is 2. The summed E-state index contributed by atoms with van der Waals surface area (Å²) in [6.07, 6.45) is 0. The second-order valence-corrected chi connectivity index (χ2v) is 3.69. The van der Waals surface area contributed by atoms with E-state index in [1.54, 1.807) is 6.92 Å². The highest BCUT2D eigenvalue weighted by Gasteiger charge is 2.09. The summed E-state index contributed by atoms with van der Waals surface area (Å²) in [6.45, 7) is 2.25. The van der Waals surface area contributed by atoms with Crippen molar-refractivity contribution in [3.63, 3.8) is 0 Å². The van der Waals surface area contributed by atoms with Crippen molar-refractivity contribution in [1.29, 1.82) is 0 Å². The topological polar surface area (TPSA) is 62.4 Å². The summed E-state index contributed by atoms with van der Waals surface area (Å²) in [4.78, 5) is 3.90. The Balaban J connectivity index is 2.97. The molecule has 1 aromatic rings. The van der Waals surface area contributed by atoms with Gasteiger partial charge in [0, 0.05) is 12.6 Å². The van der Waals surface area contributed by atoms with Crippen LogP contribution in [0, 0.1) is 11.6 Å². The maximum atomic E-state index is 13.4. The number of anilines is 1. The van der Waals surface area contributed by atoms with E-state index in [0.717, 1.165) is 12.1 Å². The Bertz CT molecular complexity index is 409. The fourth-order valence-electron chi connectivity index (χ4n) is 1.03. The molecule has 0 spiro atoms. The van der Waals surface area contributed by atoms with Gasteiger partial charge in [0.1, 0.15) is 11.6 Å². The number of nitrogens with two attached hydrogens (primary N) is 1. The summed E-state index contributed by atoms with van der Waals surface area (Å²) in [7, 11) is 0. The highest BCUT2D eigenvalue weighted by Crippen LogP contribution is 2.23. The van der Waals surface area contributed by atoms with Crippen molar-refractivity contribution in [2.24, 2.45) is 10.8 Å². The van der Waals surface area contributed by atoms with Crippen LogP contribution in [0.3, 0.4) is 0 Å². The molecule has 1 rings (SSSR count). The van der Waals surface area contributed by atoms with Crippen molar-refractivity contribution in [3.8, 4) is 0 Å². The van der Waals surface area contributed by atoms with Crippen LogP contribution in [-0.2, 0) is 0 Å². The van der Waals surface area contributed by atoms with Gasteiger partial charge in [0.25, 0.3) is 0 Å². The van der Waals surface area contributed by atoms with E-state index in [1.807, 2.05) is 0 Å². The van der Waals surface area contributed by atoms with Crippen LogP contribution >= 0.6 is 15.9 Å². The van der Waals surface area contributed by atoms with E-state index in [1.165, 1.54) is 0 Å². The number of hydrazine groups is 1. The number of nitrogens with zero attached hydrogens (tertiary/aromatic N) is 1. The largest absolute Gasteiger partial charge is 0.323 e. The summed E-state index contributed by atoms with van der Waals surface area (Å²) < 4.78 is 26.6. The number of hydrogen-bond acceptors (Lipinski definition) is 2. The fourth-order valence-corrected chi connectivity index (χ4v) is 1.34. The fraction of sp³-hybridized carbons (Fsp3) is 0.222. The van der Waals surface area contributed by atoms with E-state index in [9.17, 15) is 8.78 Å². The maximum absolute atomic E-state index is 13.4. The van der Waals surface area contributed by atoms with Gasteiger partial charge in [-0.15, -0.1) is 0 Å². The molecule has 0 heterocycles. The quantitative estimate of drug-likeness (QED) is 0.257.